The normalized spacial score (nSPS) is 19.9. The highest BCUT2D eigenvalue weighted by Gasteiger charge is 2.38. The summed E-state index contributed by atoms with van der Waals surface area (Å²) in [7, 11) is 0. The highest BCUT2D eigenvalue weighted by Crippen LogP contribution is 2.34. The summed E-state index contributed by atoms with van der Waals surface area (Å²) >= 11 is 0. The van der Waals surface area contributed by atoms with Crippen LogP contribution in [0.4, 0.5) is 0 Å². The first-order valence-corrected chi connectivity index (χ1v) is 9.11. The third-order valence-electron chi connectivity index (χ3n) is 5.14. The maximum atomic E-state index is 12.6. The van der Waals surface area contributed by atoms with Crippen molar-refractivity contribution in [2.24, 2.45) is 0 Å². The number of ether oxygens (including phenoxy) is 1. The number of rotatable bonds is 5. The van der Waals surface area contributed by atoms with E-state index in [1.165, 1.54) is 10.5 Å². The molecule has 0 N–H and O–H groups in total. The minimum atomic E-state index is -0.192. The van der Waals surface area contributed by atoms with E-state index >= 15 is 0 Å². The lowest BCUT2D eigenvalue weighted by atomic mass is 10.0. The second-order valence-corrected chi connectivity index (χ2v) is 6.70. The SMILES string of the molecule is CCOc1ccc([C@@H]2CCCN2CN2C(=O)c3ccccc3C2=O)cc1. The van der Waals surface area contributed by atoms with E-state index in [0.29, 0.717) is 24.4 Å². The Labute approximate surface area is 153 Å². The fourth-order valence-corrected chi connectivity index (χ4v) is 3.87. The molecule has 0 spiro atoms. The second kappa shape index (κ2) is 6.92. The molecular formula is C21H22N2O3. The number of hydrogen-bond donors (Lipinski definition) is 0. The van der Waals surface area contributed by atoms with Gasteiger partial charge in [0.2, 0.25) is 0 Å². The highest BCUT2D eigenvalue weighted by atomic mass is 16.5. The summed E-state index contributed by atoms with van der Waals surface area (Å²) < 4.78 is 5.51. The Bertz CT molecular complexity index is 796. The number of benzene rings is 2. The summed E-state index contributed by atoms with van der Waals surface area (Å²) in [5.74, 6) is 0.479. The molecule has 1 atom stereocenters. The van der Waals surface area contributed by atoms with Crippen LogP contribution in [0.1, 0.15) is 52.1 Å². The van der Waals surface area contributed by atoms with E-state index in [2.05, 4.69) is 17.0 Å². The van der Waals surface area contributed by atoms with E-state index in [-0.39, 0.29) is 17.9 Å². The Morgan fingerprint density at radius 2 is 1.65 bits per heavy atom. The third kappa shape index (κ3) is 2.88. The zero-order valence-corrected chi connectivity index (χ0v) is 14.9. The number of carbonyl (C=O) groups excluding carboxylic acids is 2. The van der Waals surface area contributed by atoms with Crippen molar-refractivity contribution >= 4 is 11.8 Å². The molecule has 2 amide bonds. The smallest absolute Gasteiger partial charge is 0.262 e. The predicted octanol–water partition coefficient (Wildman–Crippen LogP) is 3.48. The lowest BCUT2D eigenvalue weighted by Crippen LogP contribution is -2.40. The van der Waals surface area contributed by atoms with Gasteiger partial charge in [-0.25, -0.2) is 0 Å². The Kier molecular flexibility index (Phi) is 4.47. The topological polar surface area (TPSA) is 49.9 Å². The molecule has 2 aliphatic rings. The molecule has 2 heterocycles. The van der Waals surface area contributed by atoms with Gasteiger partial charge < -0.3 is 4.74 Å². The van der Waals surface area contributed by atoms with Gasteiger partial charge in [0.05, 0.1) is 24.4 Å². The van der Waals surface area contributed by atoms with E-state index < -0.39 is 0 Å². The second-order valence-electron chi connectivity index (χ2n) is 6.70. The standard InChI is InChI=1S/C21H22N2O3/c1-2-26-16-11-9-15(10-12-16)19-8-5-13-22(19)14-23-20(24)17-6-3-4-7-18(17)21(23)25/h3-4,6-7,9-12,19H,2,5,8,13-14H2,1H3/t19-/m0/s1. The van der Waals surface area contributed by atoms with Crippen LogP contribution in [-0.4, -0.2) is 41.4 Å². The number of carbonyl (C=O) groups is 2. The Balaban J connectivity index is 1.51. The number of likely N-dealkylation sites (tertiary alicyclic amines) is 1. The van der Waals surface area contributed by atoms with Crippen molar-refractivity contribution < 1.29 is 14.3 Å². The molecule has 0 saturated carbocycles. The van der Waals surface area contributed by atoms with Crippen LogP contribution in [0.2, 0.25) is 0 Å². The molecular weight excluding hydrogens is 328 g/mol. The van der Waals surface area contributed by atoms with Crippen LogP contribution < -0.4 is 4.74 Å². The zero-order valence-electron chi connectivity index (χ0n) is 14.9. The maximum Gasteiger partial charge on any atom is 0.262 e. The lowest BCUT2D eigenvalue weighted by Gasteiger charge is -2.28. The predicted molar refractivity (Wildman–Crippen MR) is 98.1 cm³/mol. The number of imide groups is 1. The van der Waals surface area contributed by atoms with Crippen LogP contribution in [-0.2, 0) is 0 Å². The van der Waals surface area contributed by atoms with E-state index in [0.717, 1.165) is 25.1 Å². The highest BCUT2D eigenvalue weighted by molar-refractivity contribution is 6.21. The van der Waals surface area contributed by atoms with E-state index in [1.807, 2.05) is 19.1 Å². The zero-order chi connectivity index (χ0) is 18.1. The van der Waals surface area contributed by atoms with E-state index in [4.69, 9.17) is 4.74 Å². The van der Waals surface area contributed by atoms with Crippen molar-refractivity contribution in [2.45, 2.75) is 25.8 Å². The molecule has 4 rings (SSSR count). The van der Waals surface area contributed by atoms with Gasteiger partial charge in [-0.15, -0.1) is 0 Å². The average molecular weight is 350 g/mol. The Morgan fingerprint density at radius 1 is 1.00 bits per heavy atom. The molecule has 0 aliphatic carbocycles. The van der Waals surface area contributed by atoms with E-state index in [9.17, 15) is 9.59 Å². The molecule has 2 aliphatic heterocycles. The summed E-state index contributed by atoms with van der Waals surface area (Å²) in [6, 6.07) is 15.4. The molecule has 2 aromatic rings. The molecule has 0 aromatic heterocycles. The third-order valence-corrected chi connectivity index (χ3v) is 5.14. The van der Waals surface area contributed by atoms with Gasteiger partial charge >= 0.3 is 0 Å². The van der Waals surface area contributed by atoms with Crippen LogP contribution >= 0.6 is 0 Å². The number of hydrogen-bond acceptors (Lipinski definition) is 4. The fraction of sp³-hybridized carbons (Fsp3) is 0.333. The average Bonchev–Trinajstić information content (AvgIpc) is 3.22. The number of nitrogens with zero attached hydrogens (tertiary/aromatic N) is 2. The minimum Gasteiger partial charge on any atom is -0.494 e. The van der Waals surface area contributed by atoms with Crippen molar-refractivity contribution in [2.75, 3.05) is 19.8 Å². The fourth-order valence-electron chi connectivity index (χ4n) is 3.87. The number of amides is 2. The molecule has 1 fully saturated rings. The maximum absolute atomic E-state index is 12.6. The first-order valence-electron chi connectivity index (χ1n) is 9.11. The van der Waals surface area contributed by atoms with Gasteiger partial charge in [0.1, 0.15) is 5.75 Å². The van der Waals surface area contributed by atoms with Crippen molar-refractivity contribution in [3.05, 3.63) is 65.2 Å². The van der Waals surface area contributed by atoms with Crippen LogP contribution in [0.15, 0.2) is 48.5 Å². The van der Waals surface area contributed by atoms with Gasteiger partial charge in [0.25, 0.3) is 11.8 Å². The molecule has 1 saturated heterocycles. The van der Waals surface area contributed by atoms with Crippen molar-refractivity contribution in [3.8, 4) is 5.75 Å². The molecule has 5 heteroatoms. The van der Waals surface area contributed by atoms with Crippen molar-refractivity contribution in [1.29, 1.82) is 0 Å². The summed E-state index contributed by atoms with van der Waals surface area (Å²) in [4.78, 5) is 28.8. The van der Waals surface area contributed by atoms with E-state index in [1.54, 1.807) is 24.3 Å². The minimum absolute atomic E-state index is 0.192. The molecule has 0 radical (unpaired) electrons. The first kappa shape index (κ1) is 16.8. The van der Waals surface area contributed by atoms with Crippen LogP contribution in [0, 0.1) is 0 Å². The first-order chi connectivity index (χ1) is 12.7. The monoisotopic (exact) mass is 350 g/mol. The van der Waals surface area contributed by atoms with Crippen molar-refractivity contribution in [1.82, 2.24) is 9.80 Å². The Morgan fingerprint density at radius 3 is 2.27 bits per heavy atom. The van der Waals surface area contributed by atoms with Gasteiger partial charge in [-0.1, -0.05) is 24.3 Å². The van der Waals surface area contributed by atoms with Gasteiger partial charge in [0, 0.05) is 12.6 Å². The Hall–Kier alpha value is -2.66. The molecule has 5 nitrogen and oxygen atoms in total. The molecule has 0 unspecified atom stereocenters. The van der Waals surface area contributed by atoms with Crippen molar-refractivity contribution in [3.63, 3.8) is 0 Å². The molecule has 26 heavy (non-hydrogen) atoms. The van der Waals surface area contributed by atoms with Gasteiger partial charge in [-0.2, -0.15) is 0 Å². The summed E-state index contributed by atoms with van der Waals surface area (Å²) in [5.41, 5.74) is 2.21. The van der Waals surface area contributed by atoms with Crippen LogP contribution in [0.5, 0.6) is 5.75 Å². The number of fused-ring (bicyclic) bond motifs is 1. The lowest BCUT2D eigenvalue weighted by molar-refractivity contribution is 0.0526. The largest absolute Gasteiger partial charge is 0.494 e. The quantitative estimate of drug-likeness (QED) is 0.775. The van der Waals surface area contributed by atoms with Crippen LogP contribution in [0.3, 0.4) is 0 Å². The molecule has 2 aromatic carbocycles. The summed E-state index contributed by atoms with van der Waals surface area (Å²) in [6.45, 7) is 3.83. The molecule has 134 valence electrons. The summed E-state index contributed by atoms with van der Waals surface area (Å²) in [6.07, 6.45) is 2.08. The van der Waals surface area contributed by atoms with Gasteiger partial charge in [0.15, 0.2) is 0 Å². The van der Waals surface area contributed by atoms with Gasteiger partial charge in [-0.05, 0) is 49.6 Å². The van der Waals surface area contributed by atoms with Gasteiger partial charge in [-0.3, -0.25) is 19.4 Å². The van der Waals surface area contributed by atoms with Crippen LogP contribution in [0.25, 0.3) is 0 Å². The summed E-state index contributed by atoms with van der Waals surface area (Å²) in [5, 5.41) is 0. The molecule has 0 bridgehead atoms.